The largest absolute Gasteiger partial charge is 0.494 e. The Labute approximate surface area is 131 Å². The average Bonchev–Trinajstić information content (AvgIpc) is 2.88. The Morgan fingerprint density at radius 2 is 2.10 bits per heavy atom. The van der Waals surface area contributed by atoms with Gasteiger partial charge in [-0.2, -0.15) is 0 Å². The maximum atomic E-state index is 5.53. The average molecular weight is 307 g/mol. The van der Waals surface area contributed by atoms with Gasteiger partial charge >= 0.3 is 0 Å². The molecule has 1 N–H and O–H groups in total. The van der Waals surface area contributed by atoms with Crippen molar-refractivity contribution in [3.8, 4) is 5.75 Å². The molecular formula is C16H25N3OS. The molecule has 0 amide bonds. The summed E-state index contributed by atoms with van der Waals surface area (Å²) in [5.74, 6) is 0.917. The molecule has 2 aromatic rings. The number of nitrogens with zero attached hydrogens (tertiary/aromatic N) is 2. The Bertz CT molecular complexity index is 555. The van der Waals surface area contributed by atoms with Gasteiger partial charge in [0.15, 0.2) is 5.13 Å². The molecule has 1 heterocycles. The minimum Gasteiger partial charge on any atom is -0.494 e. The van der Waals surface area contributed by atoms with Crippen LogP contribution in [0, 0.1) is 0 Å². The molecule has 5 heteroatoms. The van der Waals surface area contributed by atoms with E-state index in [1.807, 2.05) is 19.1 Å². The summed E-state index contributed by atoms with van der Waals surface area (Å²) in [4.78, 5) is 7.07. The van der Waals surface area contributed by atoms with E-state index in [9.17, 15) is 0 Å². The highest BCUT2D eigenvalue weighted by molar-refractivity contribution is 7.22. The fraction of sp³-hybridized carbons (Fsp3) is 0.562. The van der Waals surface area contributed by atoms with Gasteiger partial charge in [-0.15, -0.1) is 0 Å². The molecule has 1 aromatic heterocycles. The standard InChI is InChI=1S/C16H25N3OS/c1-4-10-19(5-2)11-9-17-16-18-14-8-7-13(20-6-3)12-15(14)21-16/h7-8,12H,4-6,9-11H2,1-3H3,(H,17,18). The van der Waals surface area contributed by atoms with E-state index in [4.69, 9.17) is 4.74 Å². The Hall–Kier alpha value is -1.33. The molecule has 0 unspecified atom stereocenters. The number of fused-ring (bicyclic) bond motifs is 1. The number of ether oxygens (including phenoxy) is 1. The molecule has 0 saturated carbocycles. The lowest BCUT2D eigenvalue weighted by Gasteiger charge is -2.19. The van der Waals surface area contributed by atoms with Gasteiger partial charge in [-0.25, -0.2) is 4.98 Å². The van der Waals surface area contributed by atoms with E-state index in [2.05, 4.69) is 35.1 Å². The second kappa shape index (κ2) is 8.20. The third kappa shape index (κ3) is 4.58. The molecule has 0 saturated heterocycles. The van der Waals surface area contributed by atoms with Crippen molar-refractivity contribution in [1.29, 1.82) is 0 Å². The lowest BCUT2D eigenvalue weighted by molar-refractivity contribution is 0.300. The highest BCUT2D eigenvalue weighted by Crippen LogP contribution is 2.29. The Morgan fingerprint density at radius 3 is 2.81 bits per heavy atom. The number of hydrogen-bond acceptors (Lipinski definition) is 5. The summed E-state index contributed by atoms with van der Waals surface area (Å²) in [5, 5.41) is 4.43. The van der Waals surface area contributed by atoms with Crippen LogP contribution in [0.4, 0.5) is 5.13 Å². The van der Waals surface area contributed by atoms with Gasteiger partial charge < -0.3 is 15.0 Å². The van der Waals surface area contributed by atoms with Crippen LogP contribution in [0.25, 0.3) is 10.2 Å². The van der Waals surface area contributed by atoms with Crippen LogP contribution in [0.3, 0.4) is 0 Å². The lowest BCUT2D eigenvalue weighted by Crippen LogP contribution is -2.29. The van der Waals surface area contributed by atoms with E-state index in [0.29, 0.717) is 6.61 Å². The molecule has 2 rings (SSSR count). The Morgan fingerprint density at radius 1 is 1.24 bits per heavy atom. The van der Waals surface area contributed by atoms with Gasteiger partial charge in [0.05, 0.1) is 16.8 Å². The van der Waals surface area contributed by atoms with Crippen LogP contribution in [0.2, 0.25) is 0 Å². The molecule has 0 bridgehead atoms. The van der Waals surface area contributed by atoms with Gasteiger partial charge in [0.1, 0.15) is 5.75 Å². The second-order valence-corrected chi connectivity index (χ2v) is 5.97. The van der Waals surface area contributed by atoms with Crippen LogP contribution in [-0.2, 0) is 0 Å². The number of anilines is 1. The van der Waals surface area contributed by atoms with Crippen molar-refractivity contribution < 1.29 is 4.74 Å². The molecule has 0 aliphatic heterocycles. The number of rotatable bonds is 9. The predicted molar refractivity (Wildman–Crippen MR) is 91.7 cm³/mol. The summed E-state index contributed by atoms with van der Waals surface area (Å²) in [6.45, 7) is 11.4. The molecule has 0 aliphatic carbocycles. The minimum atomic E-state index is 0.694. The number of nitrogens with one attached hydrogen (secondary N) is 1. The van der Waals surface area contributed by atoms with Crippen LogP contribution >= 0.6 is 11.3 Å². The van der Waals surface area contributed by atoms with E-state index in [-0.39, 0.29) is 0 Å². The monoisotopic (exact) mass is 307 g/mol. The highest BCUT2D eigenvalue weighted by Gasteiger charge is 2.06. The summed E-state index contributed by atoms with van der Waals surface area (Å²) in [7, 11) is 0. The topological polar surface area (TPSA) is 37.4 Å². The van der Waals surface area contributed by atoms with E-state index < -0.39 is 0 Å². The van der Waals surface area contributed by atoms with Gasteiger partial charge in [-0.1, -0.05) is 25.2 Å². The first-order chi connectivity index (χ1) is 10.3. The van der Waals surface area contributed by atoms with Gasteiger partial charge in [0.2, 0.25) is 0 Å². The summed E-state index contributed by atoms with van der Waals surface area (Å²) in [5.41, 5.74) is 1.03. The zero-order chi connectivity index (χ0) is 15.1. The summed E-state index contributed by atoms with van der Waals surface area (Å²) in [6.07, 6.45) is 1.20. The van der Waals surface area contributed by atoms with Crippen LogP contribution in [0.15, 0.2) is 18.2 Å². The number of likely N-dealkylation sites (N-methyl/N-ethyl adjacent to an activating group) is 1. The molecule has 0 fully saturated rings. The van der Waals surface area contributed by atoms with E-state index in [1.165, 1.54) is 11.1 Å². The fourth-order valence-corrected chi connectivity index (χ4v) is 3.22. The molecule has 0 aliphatic rings. The van der Waals surface area contributed by atoms with Crippen LogP contribution < -0.4 is 10.1 Å². The zero-order valence-corrected chi connectivity index (χ0v) is 14.0. The van der Waals surface area contributed by atoms with Crippen LogP contribution in [0.1, 0.15) is 27.2 Å². The first kappa shape index (κ1) is 16.0. The molecule has 116 valence electrons. The van der Waals surface area contributed by atoms with Crippen molar-refractivity contribution in [2.45, 2.75) is 27.2 Å². The van der Waals surface area contributed by atoms with E-state index >= 15 is 0 Å². The quantitative estimate of drug-likeness (QED) is 0.764. The number of thiazole rings is 1. The summed E-state index contributed by atoms with van der Waals surface area (Å²) < 4.78 is 6.70. The van der Waals surface area contributed by atoms with Crippen molar-refractivity contribution in [3.05, 3.63) is 18.2 Å². The third-order valence-corrected chi connectivity index (χ3v) is 4.34. The fourth-order valence-electron chi connectivity index (χ4n) is 2.30. The van der Waals surface area contributed by atoms with Gasteiger partial charge in [-0.05, 0) is 44.6 Å². The smallest absolute Gasteiger partial charge is 0.183 e. The van der Waals surface area contributed by atoms with E-state index in [1.54, 1.807) is 11.3 Å². The third-order valence-electron chi connectivity index (χ3n) is 3.36. The van der Waals surface area contributed by atoms with Crippen LogP contribution in [0.5, 0.6) is 5.75 Å². The van der Waals surface area contributed by atoms with E-state index in [0.717, 1.165) is 42.6 Å². The van der Waals surface area contributed by atoms with Gasteiger partial charge in [0, 0.05) is 13.1 Å². The summed E-state index contributed by atoms with van der Waals surface area (Å²) in [6, 6.07) is 6.07. The highest BCUT2D eigenvalue weighted by atomic mass is 32.1. The zero-order valence-electron chi connectivity index (χ0n) is 13.2. The Balaban J connectivity index is 1.93. The molecular weight excluding hydrogens is 282 g/mol. The molecule has 4 nitrogen and oxygen atoms in total. The maximum Gasteiger partial charge on any atom is 0.183 e. The molecule has 21 heavy (non-hydrogen) atoms. The summed E-state index contributed by atoms with van der Waals surface area (Å²) >= 11 is 1.69. The van der Waals surface area contributed by atoms with Crippen molar-refractivity contribution >= 4 is 26.7 Å². The Kier molecular flexibility index (Phi) is 6.26. The first-order valence-corrected chi connectivity index (χ1v) is 8.58. The number of aromatic nitrogens is 1. The SMILES string of the molecule is CCCN(CC)CCNc1nc2ccc(OCC)cc2s1. The maximum absolute atomic E-state index is 5.53. The second-order valence-electron chi connectivity index (χ2n) is 4.94. The number of benzene rings is 1. The molecule has 1 aromatic carbocycles. The normalized spacial score (nSPS) is 11.2. The van der Waals surface area contributed by atoms with Gasteiger partial charge in [0.25, 0.3) is 0 Å². The minimum absolute atomic E-state index is 0.694. The van der Waals surface area contributed by atoms with Crippen molar-refractivity contribution in [2.75, 3.05) is 38.1 Å². The molecule has 0 radical (unpaired) electrons. The predicted octanol–water partition coefficient (Wildman–Crippen LogP) is 3.84. The van der Waals surface area contributed by atoms with Crippen molar-refractivity contribution in [3.63, 3.8) is 0 Å². The first-order valence-electron chi connectivity index (χ1n) is 7.76. The molecule has 0 spiro atoms. The van der Waals surface area contributed by atoms with Crippen molar-refractivity contribution in [1.82, 2.24) is 9.88 Å². The van der Waals surface area contributed by atoms with Crippen molar-refractivity contribution in [2.24, 2.45) is 0 Å². The number of hydrogen-bond donors (Lipinski definition) is 1. The van der Waals surface area contributed by atoms with Crippen LogP contribution in [-0.4, -0.2) is 42.7 Å². The lowest BCUT2D eigenvalue weighted by atomic mass is 10.3. The molecule has 0 atom stereocenters. The van der Waals surface area contributed by atoms with Gasteiger partial charge in [-0.3, -0.25) is 0 Å².